The highest BCUT2D eigenvalue weighted by Gasteiger charge is 2.32. The molecule has 1 aliphatic heterocycles. The fourth-order valence-electron chi connectivity index (χ4n) is 5.80. The summed E-state index contributed by atoms with van der Waals surface area (Å²) in [6, 6.07) is 8.07. The van der Waals surface area contributed by atoms with Crippen molar-refractivity contribution in [3.8, 4) is 5.75 Å². The fraction of sp³-hybridized carbons (Fsp3) is 0.630. The molecule has 1 N–H and O–H groups in total. The second kappa shape index (κ2) is 11.5. The summed E-state index contributed by atoms with van der Waals surface area (Å²) in [6.07, 6.45) is 10.1. The quantitative estimate of drug-likeness (QED) is 0.441. The summed E-state index contributed by atoms with van der Waals surface area (Å²) in [6.45, 7) is 4.25. The van der Waals surface area contributed by atoms with Crippen molar-refractivity contribution in [1.29, 1.82) is 0 Å². The van der Waals surface area contributed by atoms with Crippen molar-refractivity contribution in [2.75, 3.05) is 20.3 Å². The highest BCUT2D eigenvalue weighted by molar-refractivity contribution is 5.80. The summed E-state index contributed by atoms with van der Waals surface area (Å²) < 4.78 is 13.5. The summed E-state index contributed by atoms with van der Waals surface area (Å²) in [7, 11) is 1.66. The molecule has 2 aromatic heterocycles. The van der Waals surface area contributed by atoms with E-state index in [2.05, 4.69) is 37.0 Å². The van der Waals surface area contributed by atoms with Gasteiger partial charge in [-0.1, -0.05) is 32.6 Å². The molecule has 0 radical (unpaired) electrons. The van der Waals surface area contributed by atoms with Crippen molar-refractivity contribution in [3.63, 3.8) is 0 Å². The van der Waals surface area contributed by atoms with E-state index in [9.17, 15) is 4.79 Å². The molecule has 1 aromatic carbocycles. The van der Waals surface area contributed by atoms with E-state index in [4.69, 9.17) is 9.47 Å². The molecule has 2 aliphatic rings. The molecule has 9 heteroatoms. The van der Waals surface area contributed by atoms with Crippen LogP contribution in [0.15, 0.2) is 29.1 Å². The van der Waals surface area contributed by atoms with Crippen LogP contribution < -0.4 is 10.3 Å². The Kier molecular flexibility index (Phi) is 7.96. The first kappa shape index (κ1) is 24.9. The third-order valence-electron chi connectivity index (χ3n) is 7.70. The molecule has 3 heterocycles. The molecule has 0 amide bonds. The Morgan fingerprint density at radius 2 is 2.06 bits per heavy atom. The Labute approximate surface area is 212 Å². The number of rotatable bonds is 10. The van der Waals surface area contributed by atoms with Crippen LogP contribution in [0.1, 0.15) is 88.2 Å². The van der Waals surface area contributed by atoms with Crippen molar-refractivity contribution in [2.24, 2.45) is 0 Å². The van der Waals surface area contributed by atoms with Gasteiger partial charge in [0, 0.05) is 36.2 Å². The minimum absolute atomic E-state index is 0.0107. The third-order valence-corrected chi connectivity index (χ3v) is 7.70. The normalized spacial score (nSPS) is 19.8. The van der Waals surface area contributed by atoms with E-state index in [1.165, 1.54) is 19.3 Å². The molecule has 0 unspecified atom stereocenters. The van der Waals surface area contributed by atoms with E-state index >= 15 is 0 Å². The largest absolute Gasteiger partial charge is 0.497 e. The lowest BCUT2D eigenvalue weighted by Gasteiger charge is -2.33. The van der Waals surface area contributed by atoms with Crippen LogP contribution in [-0.4, -0.2) is 56.5 Å². The van der Waals surface area contributed by atoms with Crippen molar-refractivity contribution < 1.29 is 9.47 Å². The number of aromatic nitrogens is 5. The smallest absolute Gasteiger partial charge is 0.252 e. The van der Waals surface area contributed by atoms with Gasteiger partial charge in [-0.2, -0.15) is 0 Å². The minimum Gasteiger partial charge on any atom is -0.497 e. The van der Waals surface area contributed by atoms with Gasteiger partial charge in [0.15, 0.2) is 5.82 Å². The standard InChI is InChI=1S/C27H38N6O3/c1-3-8-25(26-29-30-31-33(26)21-9-5-4-6-10-21)32(18-23-11-7-14-36-23)17-20-15-19-16-22(35-2)12-13-24(19)28-27(20)34/h12-13,15-16,21,23,25H,3-11,14,17-18H2,1-2H3,(H,28,34)/t23-,25+/m1/s1. The van der Waals surface area contributed by atoms with Gasteiger partial charge in [0.25, 0.3) is 5.56 Å². The highest BCUT2D eigenvalue weighted by atomic mass is 16.5. The van der Waals surface area contributed by atoms with Gasteiger partial charge in [-0.15, -0.1) is 5.10 Å². The van der Waals surface area contributed by atoms with E-state index < -0.39 is 0 Å². The SMILES string of the molecule is CCC[C@@H](c1nnnn1C1CCCCC1)N(Cc1cc2cc(OC)ccc2[nH]c1=O)C[C@H]1CCCO1. The maximum atomic E-state index is 13.2. The zero-order valence-electron chi connectivity index (χ0n) is 21.5. The molecule has 36 heavy (non-hydrogen) atoms. The number of pyridine rings is 1. The number of hydrogen-bond acceptors (Lipinski definition) is 7. The molecular formula is C27H38N6O3. The maximum Gasteiger partial charge on any atom is 0.252 e. The highest BCUT2D eigenvalue weighted by Crippen LogP contribution is 2.33. The summed E-state index contributed by atoms with van der Waals surface area (Å²) in [5.41, 5.74) is 1.47. The third kappa shape index (κ3) is 5.47. The monoisotopic (exact) mass is 494 g/mol. The molecule has 1 saturated carbocycles. The van der Waals surface area contributed by atoms with Crippen molar-refractivity contribution >= 4 is 10.9 Å². The number of fused-ring (bicyclic) bond motifs is 1. The number of aromatic amines is 1. The summed E-state index contributed by atoms with van der Waals surface area (Å²) in [4.78, 5) is 18.6. The Bertz CT molecular complexity index is 1200. The molecule has 2 fully saturated rings. The zero-order chi connectivity index (χ0) is 24.9. The number of nitrogens with one attached hydrogen (secondary N) is 1. The lowest BCUT2D eigenvalue weighted by Crippen LogP contribution is -2.38. The van der Waals surface area contributed by atoms with E-state index in [0.717, 1.165) is 79.7 Å². The molecule has 5 rings (SSSR count). The summed E-state index contributed by atoms with van der Waals surface area (Å²) >= 11 is 0. The Hall–Kier alpha value is -2.78. The van der Waals surface area contributed by atoms with Gasteiger partial charge in [-0.05, 0) is 66.8 Å². The van der Waals surface area contributed by atoms with E-state index in [1.807, 2.05) is 24.3 Å². The Balaban J connectivity index is 1.50. The average Bonchev–Trinajstić information content (AvgIpc) is 3.60. The second-order valence-electron chi connectivity index (χ2n) is 10.2. The second-order valence-corrected chi connectivity index (χ2v) is 10.2. The van der Waals surface area contributed by atoms with Crippen LogP contribution in [0.4, 0.5) is 0 Å². The molecular weight excluding hydrogens is 456 g/mol. The van der Waals surface area contributed by atoms with Gasteiger partial charge in [0.05, 0.1) is 25.3 Å². The molecule has 1 saturated heterocycles. The molecule has 9 nitrogen and oxygen atoms in total. The van der Waals surface area contributed by atoms with E-state index in [-0.39, 0.29) is 17.7 Å². The van der Waals surface area contributed by atoms with Gasteiger partial charge in [0.2, 0.25) is 0 Å². The predicted octanol–water partition coefficient (Wildman–Crippen LogP) is 4.55. The van der Waals surface area contributed by atoms with Crippen LogP contribution in [0.2, 0.25) is 0 Å². The van der Waals surface area contributed by atoms with Gasteiger partial charge in [0.1, 0.15) is 5.75 Å². The number of nitrogens with zero attached hydrogens (tertiary/aromatic N) is 5. The molecule has 0 bridgehead atoms. The molecule has 194 valence electrons. The molecule has 3 aromatic rings. The van der Waals surface area contributed by atoms with Crippen molar-refractivity contribution in [3.05, 3.63) is 46.0 Å². The minimum atomic E-state index is -0.0628. The first-order chi connectivity index (χ1) is 17.7. The molecule has 2 atom stereocenters. The summed E-state index contributed by atoms with van der Waals surface area (Å²) in [5.74, 6) is 1.69. The van der Waals surface area contributed by atoms with Crippen LogP contribution in [0, 0.1) is 0 Å². The van der Waals surface area contributed by atoms with Gasteiger partial charge >= 0.3 is 0 Å². The Morgan fingerprint density at radius 3 is 2.81 bits per heavy atom. The van der Waals surface area contributed by atoms with Gasteiger partial charge < -0.3 is 14.5 Å². The molecule has 0 spiro atoms. The van der Waals surface area contributed by atoms with Crippen LogP contribution in [-0.2, 0) is 11.3 Å². The van der Waals surface area contributed by atoms with E-state index in [1.54, 1.807) is 7.11 Å². The van der Waals surface area contributed by atoms with Crippen LogP contribution in [0.3, 0.4) is 0 Å². The number of tetrazole rings is 1. The van der Waals surface area contributed by atoms with Crippen molar-refractivity contribution in [2.45, 2.75) is 89.4 Å². The number of ether oxygens (including phenoxy) is 2. The van der Waals surface area contributed by atoms with Gasteiger partial charge in [-0.25, -0.2) is 4.68 Å². The summed E-state index contributed by atoms with van der Waals surface area (Å²) in [5, 5.41) is 14.1. The van der Waals surface area contributed by atoms with Crippen LogP contribution in [0.25, 0.3) is 10.9 Å². The van der Waals surface area contributed by atoms with Crippen LogP contribution in [0.5, 0.6) is 5.75 Å². The maximum absolute atomic E-state index is 13.2. The topological polar surface area (TPSA) is 98.2 Å². The number of benzene rings is 1. The predicted molar refractivity (Wildman–Crippen MR) is 138 cm³/mol. The Morgan fingerprint density at radius 1 is 1.19 bits per heavy atom. The van der Waals surface area contributed by atoms with Crippen molar-refractivity contribution in [1.82, 2.24) is 30.1 Å². The van der Waals surface area contributed by atoms with Crippen LogP contribution >= 0.6 is 0 Å². The number of H-pyrrole nitrogens is 1. The fourth-order valence-corrected chi connectivity index (χ4v) is 5.80. The first-order valence-electron chi connectivity index (χ1n) is 13.5. The number of hydrogen-bond donors (Lipinski definition) is 1. The zero-order valence-corrected chi connectivity index (χ0v) is 21.5. The average molecular weight is 495 g/mol. The molecule has 1 aliphatic carbocycles. The van der Waals surface area contributed by atoms with E-state index in [0.29, 0.717) is 12.6 Å². The number of methoxy groups -OCH3 is 1. The van der Waals surface area contributed by atoms with Gasteiger partial charge in [-0.3, -0.25) is 9.69 Å². The lowest BCUT2D eigenvalue weighted by molar-refractivity contribution is 0.0468. The lowest BCUT2D eigenvalue weighted by atomic mass is 9.95. The first-order valence-corrected chi connectivity index (χ1v) is 13.5.